The number of hydrogen-bond donors (Lipinski definition) is 4. The number of nitrogens with one attached hydrogen (secondary N) is 3. The highest BCUT2D eigenvalue weighted by Gasteiger charge is 2.40. The predicted octanol–water partition coefficient (Wildman–Crippen LogP) is 1.64. The average molecular weight is 392 g/mol. The molecular weight excluding hydrogens is 370 g/mol. The second kappa shape index (κ2) is 7.07. The molecule has 27 heavy (non-hydrogen) atoms. The molecule has 0 radical (unpaired) electrons. The Morgan fingerprint density at radius 1 is 1.19 bits per heavy atom. The SMILES string of the molecule is Cc1cc(Nc2cc(N)ncn2)c(=O)n2c1C(=O)NC1(CCCCC1)N2.Cl. The molecule has 1 aliphatic carbocycles. The summed E-state index contributed by atoms with van der Waals surface area (Å²) in [6.07, 6.45) is 6.07. The van der Waals surface area contributed by atoms with E-state index in [-0.39, 0.29) is 23.9 Å². The highest BCUT2D eigenvalue weighted by Crippen LogP contribution is 2.30. The Morgan fingerprint density at radius 3 is 2.63 bits per heavy atom. The van der Waals surface area contributed by atoms with Gasteiger partial charge < -0.3 is 16.4 Å². The summed E-state index contributed by atoms with van der Waals surface area (Å²) < 4.78 is 1.37. The molecule has 3 heterocycles. The standard InChI is InChI=1S/C17H21N7O2.ClH/c1-10-7-11(21-13-8-12(18)19-9-20-13)16(26)24-14(10)15(25)22-17(23-24)5-3-2-4-6-17;/h7-9,23H,2-6H2,1H3,(H,22,25)(H3,18,19,20,21);1H. The fourth-order valence-electron chi connectivity index (χ4n) is 3.71. The predicted molar refractivity (Wildman–Crippen MR) is 105 cm³/mol. The first-order chi connectivity index (χ1) is 12.5. The number of hydrogen-bond acceptors (Lipinski definition) is 7. The molecular formula is C17H22ClN7O2. The number of aromatic nitrogens is 3. The molecule has 5 N–H and O–H groups in total. The molecule has 4 rings (SSSR count). The van der Waals surface area contributed by atoms with Crippen LogP contribution in [0.2, 0.25) is 0 Å². The first-order valence-electron chi connectivity index (χ1n) is 8.69. The van der Waals surface area contributed by atoms with Gasteiger partial charge in [0.2, 0.25) is 0 Å². The maximum Gasteiger partial charge on any atom is 0.293 e. The van der Waals surface area contributed by atoms with Crippen molar-refractivity contribution < 1.29 is 4.79 Å². The van der Waals surface area contributed by atoms with Crippen molar-refractivity contribution in [2.24, 2.45) is 0 Å². The van der Waals surface area contributed by atoms with Crippen molar-refractivity contribution in [1.82, 2.24) is 20.0 Å². The number of pyridine rings is 1. The van der Waals surface area contributed by atoms with Gasteiger partial charge in [-0.05, 0) is 44.2 Å². The molecule has 0 unspecified atom stereocenters. The summed E-state index contributed by atoms with van der Waals surface area (Å²) in [7, 11) is 0. The Hall–Kier alpha value is -2.81. The average Bonchev–Trinajstić information content (AvgIpc) is 2.59. The Bertz CT molecular complexity index is 937. The summed E-state index contributed by atoms with van der Waals surface area (Å²) in [6.45, 7) is 1.80. The summed E-state index contributed by atoms with van der Waals surface area (Å²) in [5.74, 6) is 0.496. The topological polar surface area (TPSA) is 127 Å². The molecule has 0 aromatic carbocycles. The number of carbonyl (C=O) groups is 1. The van der Waals surface area contributed by atoms with Crippen LogP contribution in [0.4, 0.5) is 17.3 Å². The maximum absolute atomic E-state index is 13.0. The normalized spacial score (nSPS) is 17.3. The third-order valence-corrected chi connectivity index (χ3v) is 4.94. The van der Waals surface area contributed by atoms with Gasteiger partial charge in [-0.3, -0.25) is 15.0 Å². The van der Waals surface area contributed by atoms with Crippen LogP contribution >= 0.6 is 12.4 Å². The number of carbonyl (C=O) groups excluding carboxylic acids is 1. The number of nitrogens with zero attached hydrogens (tertiary/aromatic N) is 3. The van der Waals surface area contributed by atoms with E-state index < -0.39 is 5.66 Å². The quantitative estimate of drug-likeness (QED) is 0.612. The fraction of sp³-hybridized carbons (Fsp3) is 0.412. The molecule has 2 aliphatic rings. The number of rotatable bonds is 2. The highest BCUT2D eigenvalue weighted by molar-refractivity contribution is 5.96. The van der Waals surface area contributed by atoms with E-state index in [9.17, 15) is 9.59 Å². The first-order valence-corrected chi connectivity index (χ1v) is 8.69. The first kappa shape index (κ1) is 19.0. The monoisotopic (exact) mass is 391 g/mol. The van der Waals surface area contributed by atoms with Crippen LogP contribution in [-0.2, 0) is 0 Å². The Morgan fingerprint density at radius 2 is 1.93 bits per heavy atom. The highest BCUT2D eigenvalue weighted by atomic mass is 35.5. The summed E-state index contributed by atoms with van der Waals surface area (Å²) in [6, 6.07) is 3.19. The van der Waals surface area contributed by atoms with Gasteiger partial charge >= 0.3 is 0 Å². The lowest BCUT2D eigenvalue weighted by atomic mass is 9.88. The largest absolute Gasteiger partial charge is 0.384 e. The third-order valence-electron chi connectivity index (χ3n) is 4.94. The van der Waals surface area contributed by atoms with Crippen molar-refractivity contribution in [2.75, 3.05) is 16.5 Å². The maximum atomic E-state index is 13.0. The zero-order chi connectivity index (χ0) is 18.3. The number of halogens is 1. The Kier molecular flexibility index (Phi) is 4.97. The number of anilines is 3. The zero-order valence-corrected chi connectivity index (χ0v) is 15.7. The smallest absolute Gasteiger partial charge is 0.293 e. The molecule has 0 bridgehead atoms. The van der Waals surface area contributed by atoms with Crippen LogP contribution in [0.1, 0.15) is 48.2 Å². The van der Waals surface area contributed by atoms with Crippen LogP contribution in [0.25, 0.3) is 0 Å². The molecule has 1 aliphatic heterocycles. The van der Waals surface area contributed by atoms with Gasteiger partial charge in [0.1, 0.15) is 35.0 Å². The number of amides is 1. The molecule has 10 heteroatoms. The van der Waals surface area contributed by atoms with Crippen LogP contribution in [0.15, 0.2) is 23.3 Å². The van der Waals surface area contributed by atoms with Gasteiger partial charge in [0.25, 0.3) is 11.5 Å². The van der Waals surface area contributed by atoms with E-state index in [0.29, 0.717) is 28.6 Å². The Labute approximate surface area is 162 Å². The second-order valence-corrected chi connectivity index (χ2v) is 6.89. The molecule has 1 fully saturated rings. The molecule has 2 aromatic heterocycles. The molecule has 2 aromatic rings. The molecule has 1 amide bonds. The van der Waals surface area contributed by atoms with Gasteiger partial charge in [-0.1, -0.05) is 6.42 Å². The fourth-order valence-corrected chi connectivity index (χ4v) is 3.71. The molecule has 144 valence electrons. The lowest BCUT2D eigenvalue weighted by Gasteiger charge is -2.43. The van der Waals surface area contributed by atoms with E-state index in [1.165, 1.54) is 11.0 Å². The summed E-state index contributed by atoms with van der Waals surface area (Å²) in [5.41, 5.74) is 9.37. The van der Waals surface area contributed by atoms with Crippen LogP contribution in [-0.4, -0.2) is 26.2 Å². The van der Waals surface area contributed by atoms with Crippen LogP contribution in [0.3, 0.4) is 0 Å². The van der Waals surface area contributed by atoms with Crippen molar-refractivity contribution in [3.05, 3.63) is 40.1 Å². The van der Waals surface area contributed by atoms with Gasteiger partial charge in [0.05, 0.1) is 0 Å². The van der Waals surface area contributed by atoms with Gasteiger partial charge in [0, 0.05) is 6.07 Å². The van der Waals surface area contributed by atoms with E-state index in [4.69, 9.17) is 5.73 Å². The summed E-state index contributed by atoms with van der Waals surface area (Å²) in [5, 5.41) is 6.04. The lowest BCUT2D eigenvalue weighted by Crippen LogP contribution is -2.64. The number of fused-ring (bicyclic) bond motifs is 1. The molecule has 1 saturated carbocycles. The minimum atomic E-state index is -0.559. The number of nitrogens with two attached hydrogens (primary N) is 1. The minimum Gasteiger partial charge on any atom is -0.384 e. The minimum absolute atomic E-state index is 0. The van der Waals surface area contributed by atoms with Crippen LogP contribution in [0.5, 0.6) is 0 Å². The molecule has 9 nitrogen and oxygen atoms in total. The van der Waals surface area contributed by atoms with E-state index in [0.717, 1.165) is 32.1 Å². The third kappa shape index (κ3) is 3.42. The van der Waals surface area contributed by atoms with Crippen LogP contribution < -0.4 is 27.4 Å². The zero-order valence-electron chi connectivity index (χ0n) is 14.9. The van der Waals surface area contributed by atoms with Crippen molar-refractivity contribution in [2.45, 2.75) is 44.7 Å². The molecule has 0 saturated heterocycles. The van der Waals surface area contributed by atoms with E-state index in [1.54, 1.807) is 19.1 Å². The summed E-state index contributed by atoms with van der Waals surface area (Å²) in [4.78, 5) is 33.6. The number of aryl methyl sites for hydroxylation is 1. The van der Waals surface area contributed by atoms with Gasteiger partial charge in [-0.25, -0.2) is 14.6 Å². The van der Waals surface area contributed by atoms with Crippen molar-refractivity contribution in [3.63, 3.8) is 0 Å². The second-order valence-electron chi connectivity index (χ2n) is 6.89. The number of nitrogen functional groups attached to an aromatic ring is 1. The van der Waals surface area contributed by atoms with Gasteiger partial charge in [-0.2, -0.15) is 0 Å². The van der Waals surface area contributed by atoms with E-state index in [2.05, 4.69) is 26.0 Å². The van der Waals surface area contributed by atoms with Crippen molar-refractivity contribution in [3.8, 4) is 0 Å². The molecule has 0 atom stereocenters. The van der Waals surface area contributed by atoms with E-state index >= 15 is 0 Å². The Balaban J connectivity index is 0.00000210. The van der Waals surface area contributed by atoms with E-state index in [1.807, 2.05) is 0 Å². The van der Waals surface area contributed by atoms with Crippen LogP contribution in [0, 0.1) is 6.92 Å². The van der Waals surface area contributed by atoms with Gasteiger partial charge in [-0.15, -0.1) is 12.4 Å². The lowest BCUT2D eigenvalue weighted by molar-refractivity contribution is 0.0833. The summed E-state index contributed by atoms with van der Waals surface area (Å²) >= 11 is 0. The van der Waals surface area contributed by atoms with Crippen molar-refractivity contribution >= 4 is 35.6 Å². The van der Waals surface area contributed by atoms with Gasteiger partial charge in [0.15, 0.2) is 0 Å². The van der Waals surface area contributed by atoms with Crippen molar-refractivity contribution in [1.29, 1.82) is 0 Å². The molecule has 1 spiro atoms.